The first-order chi connectivity index (χ1) is 7.99. The van der Waals surface area contributed by atoms with Crippen LogP contribution in [0.4, 0.5) is 5.69 Å². The minimum atomic E-state index is -2.38. The van der Waals surface area contributed by atoms with Crippen LogP contribution in [0.5, 0.6) is 0 Å². The molecule has 0 aliphatic heterocycles. The molecule has 0 aromatic heterocycles. The largest absolute Gasteiger partial charge is 0.755 e. The number of halogens is 1. The molecule has 7 heteroatoms. The van der Waals surface area contributed by atoms with E-state index in [4.69, 9.17) is 0 Å². The van der Waals surface area contributed by atoms with Crippen molar-refractivity contribution in [3.8, 4) is 0 Å². The van der Waals surface area contributed by atoms with E-state index in [9.17, 15) is 13.6 Å². The molecule has 0 fully saturated rings. The van der Waals surface area contributed by atoms with Gasteiger partial charge in [0.1, 0.15) is 0 Å². The average Bonchev–Trinajstić information content (AvgIpc) is 2.35. The molecule has 1 aromatic rings. The third-order valence-electron chi connectivity index (χ3n) is 2.14. The molecule has 0 bridgehead atoms. The van der Waals surface area contributed by atoms with E-state index in [2.05, 4.69) is 20.7 Å². The van der Waals surface area contributed by atoms with E-state index in [1.54, 1.807) is 12.1 Å². The van der Waals surface area contributed by atoms with Gasteiger partial charge in [0, 0.05) is 29.3 Å². The highest BCUT2D eigenvalue weighted by Crippen LogP contribution is 2.21. The Balaban J connectivity index is 3.22. The van der Waals surface area contributed by atoms with Crippen LogP contribution in [0.25, 0.3) is 0 Å². The summed E-state index contributed by atoms with van der Waals surface area (Å²) in [6.45, 7) is 0. The van der Waals surface area contributed by atoms with Gasteiger partial charge in [-0.05, 0) is 23.8 Å². The Kier molecular flexibility index (Phi) is 5.10. The number of alkyl halides is 1. The smallest absolute Gasteiger partial charge is 0.337 e. The van der Waals surface area contributed by atoms with Crippen LogP contribution in [0.15, 0.2) is 18.2 Å². The summed E-state index contributed by atoms with van der Waals surface area (Å²) in [5.41, 5.74) is 1.52. The number of nitrogens with zero attached hydrogens (tertiary/aromatic N) is 1. The van der Waals surface area contributed by atoms with Gasteiger partial charge in [-0.15, -0.1) is 0 Å². The quantitative estimate of drug-likeness (QED) is 0.480. The minimum Gasteiger partial charge on any atom is -0.755 e. The summed E-state index contributed by atoms with van der Waals surface area (Å²) in [6, 6.07) is 4.79. The Hall–Kier alpha value is -0.920. The number of benzene rings is 1. The second kappa shape index (κ2) is 6.13. The number of hydrogen-bond donors (Lipinski definition) is 0. The number of carbonyl (C=O) groups excluding carboxylic acids is 1. The summed E-state index contributed by atoms with van der Waals surface area (Å²) >= 11 is 0.879. The van der Waals surface area contributed by atoms with Gasteiger partial charge in [-0.3, -0.25) is 4.21 Å². The van der Waals surface area contributed by atoms with Gasteiger partial charge in [-0.1, -0.05) is 15.9 Å². The van der Waals surface area contributed by atoms with E-state index in [0.29, 0.717) is 16.6 Å². The predicted molar refractivity (Wildman–Crippen MR) is 67.7 cm³/mol. The second-order valence-electron chi connectivity index (χ2n) is 3.23. The van der Waals surface area contributed by atoms with Crippen molar-refractivity contribution in [1.29, 1.82) is 0 Å². The Morgan fingerprint density at radius 3 is 2.65 bits per heavy atom. The lowest BCUT2D eigenvalue weighted by atomic mass is 10.1. The van der Waals surface area contributed by atoms with Crippen LogP contribution in [0.3, 0.4) is 0 Å². The van der Waals surface area contributed by atoms with Gasteiger partial charge in [-0.2, -0.15) is 0 Å². The average molecular weight is 321 g/mol. The van der Waals surface area contributed by atoms with Gasteiger partial charge < -0.3 is 13.6 Å². The van der Waals surface area contributed by atoms with Crippen LogP contribution < -0.4 is 4.31 Å². The van der Waals surface area contributed by atoms with Crippen LogP contribution in [0.2, 0.25) is 0 Å². The molecule has 0 N–H and O–H groups in total. The van der Waals surface area contributed by atoms with Crippen LogP contribution in [0, 0.1) is 0 Å². The third kappa shape index (κ3) is 3.52. The molecule has 5 nitrogen and oxygen atoms in total. The molecular weight excluding hydrogens is 310 g/mol. The molecule has 0 amide bonds. The summed E-state index contributed by atoms with van der Waals surface area (Å²) in [6.07, 6.45) is 0. The molecule has 1 aromatic carbocycles. The molecule has 0 aliphatic carbocycles. The first kappa shape index (κ1) is 14.1. The van der Waals surface area contributed by atoms with Crippen LogP contribution in [-0.2, 0) is 21.3 Å². The van der Waals surface area contributed by atoms with Gasteiger partial charge in [0.15, 0.2) is 0 Å². The van der Waals surface area contributed by atoms with E-state index < -0.39 is 17.2 Å². The lowest BCUT2D eigenvalue weighted by molar-refractivity contribution is 0.0600. The number of ether oxygens (including phenoxy) is 1. The lowest BCUT2D eigenvalue weighted by Gasteiger charge is -2.22. The van der Waals surface area contributed by atoms with Gasteiger partial charge in [0.25, 0.3) is 0 Å². The van der Waals surface area contributed by atoms with Crippen molar-refractivity contribution in [2.45, 2.75) is 5.33 Å². The van der Waals surface area contributed by atoms with Gasteiger partial charge in [0.2, 0.25) is 0 Å². The van der Waals surface area contributed by atoms with Crippen molar-refractivity contribution >= 4 is 38.9 Å². The second-order valence-corrected chi connectivity index (χ2v) is 4.77. The highest BCUT2D eigenvalue weighted by Gasteiger charge is 2.11. The molecule has 0 spiro atoms. The topological polar surface area (TPSA) is 69.7 Å². The standard InChI is InChI=1S/C10H12BrNO4S/c1-12(17(14)15)9-4-7(6-11)3-8(5-9)10(13)16-2/h3-5H,6H2,1-2H3,(H,14,15)/p-1. The molecule has 17 heavy (non-hydrogen) atoms. The fourth-order valence-electron chi connectivity index (χ4n) is 1.25. The summed E-state index contributed by atoms with van der Waals surface area (Å²) in [4.78, 5) is 11.4. The highest BCUT2D eigenvalue weighted by molar-refractivity contribution is 9.08. The maximum atomic E-state index is 11.4. The van der Waals surface area contributed by atoms with Gasteiger partial charge in [-0.25, -0.2) is 4.79 Å². The number of rotatable bonds is 4. The predicted octanol–water partition coefficient (Wildman–Crippen LogP) is 1.60. The monoisotopic (exact) mass is 320 g/mol. The number of carbonyl (C=O) groups is 1. The van der Waals surface area contributed by atoms with Crippen molar-refractivity contribution in [3.63, 3.8) is 0 Å². The zero-order valence-corrected chi connectivity index (χ0v) is 11.7. The molecule has 1 atom stereocenters. The first-order valence-electron chi connectivity index (χ1n) is 4.61. The number of esters is 1. The molecule has 0 saturated carbocycles. The van der Waals surface area contributed by atoms with Crippen LogP contribution in [-0.4, -0.2) is 28.9 Å². The Bertz CT molecular complexity index is 452. The van der Waals surface area contributed by atoms with Crippen molar-refractivity contribution in [3.05, 3.63) is 29.3 Å². The highest BCUT2D eigenvalue weighted by atomic mass is 79.9. The van der Waals surface area contributed by atoms with Crippen molar-refractivity contribution in [2.24, 2.45) is 0 Å². The van der Waals surface area contributed by atoms with Crippen LogP contribution >= 0.6 is 15.9 Å². The first-order valence-corrected chi connectivity index (χ1v) is 6.76. The molecule has 0 saturated heterocycles. The molecular formula is C10H11BrNO4S-. The normalized spacial score (nSPS) is 12.0. The lowest BCUT2D eigenvalue weighted by Crippen LogP contribution is -2.20. The SMILES string of the molecule is COC(=O)c1cc(CBr)cc(N(C)S(=O)[O-])c1. The summed E-state index contributed by atoms with van der Waals surface area (Å²) in [5, 5.41) is 0.518. The van der Waals surface area contributed by atoms with E-state index in [1.165, 1.54) is 20.2 Å². The van der Waals surface area contributed by atoms with Crippen molar-refractivity contribution in [2.75, 3.05) is 18.5 Å². The summed E-state index contributed by atoms with van der Waals surface area (Å²) < 4.78 is 27.3. The Labute approximate surface area is 110 Å². The zero-order chi connectivity index (χ0) is 13.0. The Morgan fingerprint density at radius 2 is 2.18 bits per heavy atom. The molecule has 1 unspecified atom stereocenters. The molecule has 0 aliphatic rings. The van der Waals surface area contributed by atoms with Crippen molar-refractivity contribution in [1.82, 2.24) is 0 Å². The fourth-order valence-corrected chi connectivity index (χ4v) is 1.86. The maximum absolute atomic E-state index is 11.4. The van der Waals surface area contributed by atoms with Crippen molar-refractivity contribution < 1.29 is 18.3 Å². The van der Waals surface area contributed by atoms with E-state index in [-0.39, 0.29) is 0 Å². The van der Waals surface area contributed by atoms with Gasteiger partial charge >= 0.3 is 5.97 Å². The van der Waals surface area contributed by atoms with Crippen LogP contribution in [0.1, 0.15) is 15.9 Å². The van der Waals surface area contributed by atoms with Gasteiger partial charge in [0.05, 0.1) is 12.7 Å². The maximum Gasteiger partial charge on any atom is 0.337 e. The van der Waals surface area contributed by atoms with E-state index >= 15 is 0 Å². The summed E-state index contributed by atoms with van der Waals surface area (Å²) in [7, 11) is 2.68. The number of methoxy groups -OCH3 is 1. The zero-order valence-electron chi connectivity index (χ0n) is 9.31. The summed E-state index contributed by atoms with van der Waals surface area (Å²) in [5.74, 6) is -0.501. The fraction of sp³-hybridized carbons (Fsp3) is 0.300. The van der Waals surface area contributed by atoms with E-state index in [1.807, 2.05) is 0 Å². The minimum absolute atomic E-state index is 0.316. The molecule has 0 heterocycles. The third-order valence-corrected chi connectivity index (χ3v) is 3.45. The number of anilines is 1. The number of hydrogen-bond acceptors (Lipinski definition) is 4. The molecule has 1 rings (SSSR count). The Morgan fingerprint density at radius 1 is 1.53 bits per heavy atom. The molecule has 0 radical (unpaired) electrons. The van der Waals surface area contributed by atoms with E-state index in [0.717, 1.165) is 9.87 Å². The molecule has 94 valence electrons.